The molecule has 2 rings (SSSR count). The summed E-state index contributed by atoms with van der Waals surface area (Å²) in [7, 11) is 0. The van der Waals surface area contributed by atoms with E-state index in [2.05, 4.69) is 10.6 Å². The number of ether oxygens (including phenoxy) is 1. The Kier molecular flexibility index (Phi) is 5.91. The van der Waals surface area contributed by atoms with Crippen molar-refractivity contribution in [2.75, 3.05) is 18.5 Å². The average Bonchev–Trinajstić information content (AvgIpc) is 2.99. The van der Waals surface area contributed by atoms with Gasteiger partial charge in [0, 0.05) is 18.8 Å². The van der Waals surface area contributed by atoms with E-state index in [1.807, 2.05) is 25.1 Å². The van der Waals surface area contributed by atoms with Gasteiger partial charge in [-0.1, -0.05) is 18.2 Å². The highest BCUT2D eigenvalue weighted by Gasteiger charge is 2.23. The van der Waals surface area contributed by atoms with Crippen molar-refractivity contribution in [2.24, 2.45) is 0 Å². The standard InChI is InChI=1S/C16H22N2O4/c1-11-5-2-3-7-13(11)18-15(19)9-14(16(20)21)17-10-12-6-4-8-22-12/h2-3,5,7,12,14,17H,4,6,8-10H2,1H3,(H,18,19)(H,20,21)/t12?,14-/m0/s1. The lowest BCUT2D eigenvalue weighted by Crippen LogP contribution is -2.43. The Bertz CT molecular complexity index is 527. The Labute approximate surface area is 129 Å². The minimum Gasteiger partial charge on any atom is -0.480 e. The van der Waals surface area contributed by atoms with Crippen LogP contribution in [0.2, 0.25) is 0 Å². The lowest BCUT2D eigenvalue weighted by atomic mass is 10.1. The molecule has 1 fully saturated rings. The summed E-state index contributed by atoms with van der Waals surface area (Å²) in [6.07, 6.45) is 1.85. The highest BCUT2D eigenvalue weighted by Crippen LogP contribution is 2.14. The van der Waals surface area contributed by atoms with Crippen LogP contribution in [0.5, 0.6) is 0 Å². The molecule has 0 bridgehead atoms. The fourth-order valence-corrected chi connectivity index (χ4v) is 2.43. The maximum Gasteiger partial charge on any atom is 0.321 e. The van der Waals surface area contributed by atoms with E-state index in [9.17, 15) is 14.7 Å². The molecule has 0 saturated carbocycles. The van der Waals surface area contributed by atoms with Crippen LogP contribution in [0.1, 0.15) is 24.8 Å². The van der Waals surface area contributed by atoms with Crippen molar-refractivity contribution in [1.82, 2.24) is 5.32 Å². The smallest absolute Gasteiger partial charge is 0.321 e. The average molecular weight is 306 g/mol. The van der Waals surface area contributed by atoms with Crippen LogP contribution in [-0.2, 0) is 14.3 Å². The number of carboxylic acids is 1. The number of hydrogen-bond acceptors (Lipinski definition) is 4. The third-order valence-electron chi connectivity index (χ3n) is 3.72. The first-order valence-corrected chi connectivity index (χ1v) is 7.49. The predicted molar refractivity (Wildman–Crippen MR) is 82.8 cm³/mol. The molecule has 1 heterocycles. The number of aryl methyl sites for hydroxylation is 1. The maximum absolute atomic E-state index is 12.0. The van der Waals surface area contributed by atoms with Gasteiger partial charge in [-0.3, -0.25) is 9.59 Å². The first kappa shape index (κ1) is 16.5. The molecule has 2 atom stereocenters. The van der Waals surface area contributed by atoms with Gasteiger partial charge in [0.05, 0.1) is 12.5 Å². The number of para-hydroxylation sites is 1. The number of rotatable bonds is 7. The van der Waals surface area contributed by atoms with Crippen molar-refractivity contribution in [3.63, 3.8) is 0 Å². The molecule has 0 radical (unpaired) electrons. The molecule has 0 aromatic heterocycles. The minimum atomic E-state index is -1.03. The summed E-state index contributed by atoms with van der Waals surface area (Å²) in [5.74, 6) is -1.35. The number of carbonyl (C=O) groups excluding carboxylic acids is 1. The van der Waals surface area contributed by atoms with Gasteiger partial charge < -0.3 is 20.5 Å². The van der Waals surface area contributed by atoms with Crippen molar-refractivity contribution in [2.45, 2.75) is 38.3 Å². The Hall–Kier alpha value is -1.92. The lowest BCUT2D eigenvalue weighted by Gasteiger charge is -2.17. The number of benzene rings is 1. The molecule has 0 spiro atoms. The van der Waals surface area contributed by atoms with Gasteiger partial charge in [0.15, 0.2) is 0 Å². The Balaban J connectivity index is 1.85. The zero-order chi connectivity index (χ0) is 15.9. The second-order valence-electron chi connectivity index (χ2n) is 5.50. The van der Waals surface area contributed by atoms with Crippen LogP contribution in [-0.4, -0.2) is 42.3 Å². The highest BCUT2D eigenvalue weighted by molar-refractivity contribution is 5.94. The molecule has 1 amide bonds. The number of hydrogen-bond donors (Lipinski definition) is 3. The zero-order valence-electron chi connectivity index (χ0n) is 12.7. The summed E-state index contributed by atoms with van der Waals surface area (Å²) in [6.45, 7) is 3.06. The van der Waals surface area contributed by atoms with Crippen LogP contribution in [0.3, 0.4) is 0 Å². The lowest BCUT2D eigenvalue weighted by molar-refractivity contribution is -0.141. The van der Waals surface area contributed by atoms with E-state index in [0.29, 0.717) is 12.2 Å². The summed E-state index contributed by atoms with van der Waals surface area (Å²) in [5, 5.41) is 14.9. The van der Waals surface area contributed by atoms with Crippen molar-refractivity contribution in [3.8, 4) is 0 Å². The fourth-order valence-electron chi connectivity index (χ4n) is 2.43. The second kappa shape index (κ2) is 7.91. The van der Waals surface area contributed by atoms with Crippen LogP contribution >= 0.6 is 0 Å². The Morgan fingerprint density at radius 2 is 2.18 bits per heavy atom. The number of carboxylic acid groups (broad SMARTS) is 1. The highest BCUT2D eigenvalue weighted by atomic mass is 16.5. The molecule has 1 saturated heterocycles. The summed E-state index contributed by atoms with van der Waals surface area (Å²) < 4.78 is 5.44. The molecule has 22 heavy (non-hydrogen) atoms. The summed E-state index contributed by atoms with van der Waals surface area (Å²) >= 11 is 0. The Morgan fingerprint density at radius 1 is 1.41 bits per heavy atom. The quantitative estimate of drug-likeness (QED) is 0.711. The van der Waals surface area contributed by atoms with E-state index >= 15 is 0 Å². The van der Waals surface area contributed by atoms with Crippen LogP contribution in [0.4, 0.5) is 5.69 Å². The first-order valence-electron chi connectivity index (χ1n) is 7.49. The van der Waals surface area contributed by atoms with Gasteiger partial charge in [0.2, 0.25) is 5.91 Å². The van der Waals surface area contributed by atoms with Gasteiger partial charge in [-0.2, -0.15) is 0 Å². The number of amides is 1. The molecule has 1 aromatic carbocycles. The number of carbonyl (C=O) groups is 2. The number of nitrogens with one attached hydrogen (secondary N) is 2. The molecule has 6 nitrogen and oxygen atoms in total. The summed E-state index contributed by atoms with van der Waals surface area (Å²) in [6, 6.07) is 6.48. The molecule has 1 aliphatic heterocycles. The molecule has 6 heteroatoms. The van der Waals surface area contributed by atoms with E-state index in [1.165, 1.54) is 0 Å². The van der Waals surface area contributed by atoms with Gasteiger partial charge in [-0.05, 0) is 31.4 Å². The van der Waals surface area contributed by atoms with Gasteiger partial charge in [0.25, 0.3) is 0 Å². The minimum absolute atomic E-state index is 0.0429. The SMILES string of the molecule is Cc1ccccc1NC(=O)C[C@H](NCC1CCCO1)C(=O)O. The van der Waals surface area contributed by atoms with E-state index < -0.39 is 12.0 Å². The largest absolute Gasteiger partial charge is 0.480 e. The molecule has 1 aliphatic rings. The van der Waals surface area contributed by atoms with Crippen molar-refractivity contribution in [3.05, 3.63) is 29.8 Å². The predicted octanol–water partition coefficient (Wildman–Crippen LogP) is 1.55. The molecular weight excluding hydrogens is 284 g/mol. The topological polar surface area (TPSA) is 87.7 Å². The van der Waals surface area contributed by atoms with Crippen LogP contribution in [0, 0.1) is 6.92 Å². The van der Waals surface area contributed by atoms with E-state index in [-0.39, 0.29) is 18.4 Å². The molecule has 0 aliphatic carbocycles. The van der Waals surface area contributed by atoms with Crippen LogP contribution in [0.25, 0.3) is 0 Å². The first-order chi connectivity index (χ1) is 10.6. The molecular formula is C16H22N2O4. The summed E-state index contributed by atoms with van der Waals surface area (Å²) in [4.78, 5) is 23.3. The number of anilines is 1. The monoisotopic (exact) mass is 306 g/mol. The zero-order valence-corrected chi connectivity index (χ0v) is 12.7. The maximum atomic E-state index is 12.0. The Morgan fingerprint density at radius 3 is 2.82 bits per heavy atom. The third kappa shape index (κ3) is 4.82. The van der Waals surface area contributed by atoms with E-state index in [4.69, 9.17) is 4.74 Å². The van der Waals surface area contributed by atoms with Crippen LogP contribution in [0.15, 0.2) is 24.3 Å². The van der Waals surface area contributed by atoms with Crippen LogP contribution < -0.4 is 10.6 Å². The normalized spacial score (nSPS) is 18.9. The molecule has 120 valence electrons. The number of aliphatic carboxylic acids is 1. The van der Waals surface area contributed by atoms with Crippen molar-refractivity contribution in [1.29, 1.82) is 0 Å². The second-order valence-corrected chi connectivity index (χ2v) is 5.50. The van der Waals surface area contributed by atoms with Crippen molar-refractivity contribution >= 4 is 17.6 Å². The van der Waals surface area contributed by atoms with Gasteiger partial charge >= 0.3 is 5.97 Å². The van der Waals surface area contributed by atoms with Crippen molar-refractivity contribution < 1.29 is 19.4 Å². The molecule has 1 aromatic rings. The fraction of sp³-hybridized carbons (Fsp3) is 0.500. The summed E-state index contributed by atoms with van der Waals surface area (Å²) in [5.41, 5.74) is 1.64. The molecule has 1 unspecified atom stereocenters. The van der Waals surface area contributed by atoms with Gasteiger partial charge in [-0.25, -0.2) is 0 Å². The van der Waals surface area contributed by atoms with E-state index in [0.717, 1.165) is 25.0 Å². The van der Waals surface area contributed by atoms with Gasteiger partial charge in [-0.15, -0.1) is 0 Å². The van der Waals surface area contributed by atoms with E-state index in [1.54, 1.807) is 6.07 Å². The third-order valence-corrected chi connectivity index (χ3v) is 3.72. The molecule has 3 N–H and O–H groups in total. The van der Waals surface area contributed by atoms with Gasteiger partial charge in [0.1, 0.15) is 6.04 Å².